The zero-order valence-electron chi connectivity index (χ0n) is 9.54. The maximum atomic E-state index is 5.72. The van der Waals surface area contributed by atoms with Crippen LogP contribution in [-0.4, -0.2) is 19.8 Å². The van der Waals surface area contributed by atoms with Gasteiger partial charge in [0.25, 0.3) is 0 Å². The van der Waals surface area contributed by atoms with Gasteiger partial charge in [-0.1, -0.05) is 22.9 Å². The van der Waals surface area contributed by atoms with Crippen molar-refractivity contribution in [2.45, 2.75) is 20.0 Å². The minimum Gasteiger partial charge on any atom is -0.399 e. The second-order valence-corrected chi connectivity index (χ2v) is 4.47. The molecular weight excluding hydrogens is 270 g/mol. The van der Waals surface area contributed by atoms with Crippen molar-refractivity contribution in [3.63, 3.8) is 0 Å². The Morgan fingerprint density at radius 1 is 1.12 bits per heavy atom. The monoisotopic (exact) mass is 287 g/mol. The van der Waals surface area contributed by atoms with Crippen molar-refractivity contribution < 1.29 is 9.47 Å². The van der Waals surface area contributed by atoms with Crippen LogP contribution in [0.2, 0.25) is 0 Å². The van der Waals surface area contributed by atoms with E-state index in [-0.39, 0.29) is 0 Å². The van der Waals surface area contributed by atoms with Gasteiger partial charge in [-0.2, -0.15) is 0 Å². The van der Waals surface area contributed by atoms with Crippen molar-refractivity contribution in [1.29, 1.82) is 0 Å². The van der Waals surface area contributed by atoms with Crippen LogP contribution < -0.4 is 5.73 Å². The van der Waals surface area contributed by atoms with E-state index in [0.29, 0.717) is 19.8 Å². The molecule has 0 aliphatic rings. The molecule has 0 bridgehead atoms. The molecule has 0 radical (unpaired) electrons. The number of ether oxygens (including phenoxy) is 2. The summed E-state index contributed by atoms with van der Waals surface area (Å²) in [4.78, 5) is 0. The Morgan fingerprint density at radius 3 is 2.56 bits per heavy atom. The van der Waals surface area contributed by atoms with Gasteiger partial charge in [0.05, 0.1) is 19.8 Å². The van der Waals surface area contributed by atoms with E-state index in [9.17, 15) is 0 Å². The molecule has 3 nitrogen and oxygen atoms in total. The summed E-state index contributed by atoms with van der Waals surface area (Å²) < 4.78 is 11.8. The van der Waals surface area contributed by atoms with Crippen molar-refractivity contribution in [3.05, 3.63) is 28.2 Å². The molecule has 0 unspecified atom stereocenters. The average Bonchev–Trinajstić information content (AvgIpc) is 2.22. The van der Waals surface area contributed by atoms with Crippen molar-refractivity contribution in [2.24, 2.45) is 0 Å². The van der Waals surface area contributed by atoms with E-state index in [1.807, 2.05) is 18.2 Å². The predicted molar refractivity (Wildman–Crippen MR) is 69.3 cm³/mol. The van der Waals surface area contributed by atoms with Gasteiger partial charge in [-0.05, 0) is 30.2 Å². The SMILES string of the molecule is CCCOCCOCc1cc(N)cc(Br)c1. The number of anilines is 1. The Morgan fingerprint density at radius 2 is 1.88 bits per heavy atom. The number of hydrogen-bond donors (Lipinski definition) is 1. The first-order chi connectivity index (χ1) is 7.72. The second-order valence-electron chi connectivity index (χ2n) is 3.56. The lowest BCUT2D eigenvalue weighted by Gasteiger charge is -2.06. The van der Waals surface area contributed by atoms with Gasteiger partial charge < -0.3 is 15.2 Å². The van der Waals surface area contributed by atoms with Gasteiger partial charge in [0.2, 0.25) is 0 Å². The first kappa shape index (κ1) is 13.5. The summed E-state index contributed by atoms with van der Waals surface area (Å²) in [6.45, 7) is 4.72. The Bertz CT molecular complexity index is 298. The van der Waals surface area contributed by atoms with E-state index in [0.717, 1.165) is 28.8 Å². The fourth-order valence-corrected chi connectivity index (χ4v) is 1.87. The highest BCUT2D eigenvalue weighted by molar-refractivity contribution is 9.10. The van der Waals surface area contributed by atoms with Crippen molar-refractivity contribution >= 4 is 21.6 Å². The number of nitrogen functional groups attached to an aromatic ring is 1. The highest BCUT2D eigenvalue weighted by Gasteiger charge is 1.97. The summed E-state index contributed by atoms with van der Waals surface area (Å²) in [5.74, 6) is 0. The standard InChI is InChI=1S/C12H18BrNO2/c1-2-3-15-4-5-16-9-10-6-11(13)8-12(14)7-10/h6-8H,2-5,9,14H2,1H3. The van der Waals surface area contributed by atoms with Crippen LogP contribution in [0.4, 0.5) is 5.69 Å². The maximum Gasteiger partial charge on any atom is 0.0719 e. The molecule has 1 aromatic rings. The molecule has 0 atom stereocenters. The van der Waals surface area contributed by atoms with Crippen LogP contribution in [0, 0.1) is 0 Å². The average molecular weight is 288 g/mol. The summed E-state index contributed by atoms with van der Waals surface area (Å²) in [6, 6.07) is 5.79. The molecule has 0 aliphatic carbocycles. The van der Waals surface area contributed by atoms with Crippen LogP contribution in [-0.2, 0) is 16.1 Å². The molecule has 0 amide bonds. The van der Waals surface area contributed by atoms with E-state index in [1.165, 1.54) is 0 Å². The molecule has 0 spiro atoms. The fraction of sp³-hybridized carbons (Fsp3) is 0.500. The number of nitrogens with two attached hydrogens (primary N) is 1. The van der Waals surface area contributed by atoms with Gasteiger partial charge in [-0.25, -0.2) is 0 Å². The molecule has 0 saturated heterocycles. The van der Waals surface area contributed by atoms with Gasteiger partial charge in [-0.15, -0.1) is 0 Å². The lowest BCUT2D eigenvalue weighted by atomic mass is 10.2. The normalized spacial score (nSPS) is 10.6. The minimum absolute atomic E-state index is 0.569. The molecule has 2 N–H and O–H groups in total. The first-order valence-electron chi connectivity index (χ1n) is 5.43. The van der Waals surface area contributed by atoms with Crippen LogP contribution in [0.25, 0.3) is 0 Å². The molecule has 16 heavy (non-hydrogen) atoms. The maximum absolute atomic E-state index is 5.72. The van der Waals surface area contributed by atoms with Crippen molar-refractivity contribution in [2.75, 3.05) is 25.6 Å². The topological polar surface area (TPSA) is 44.5 Å². The fourth-order valence-electron chi connectivity index (χ4n) is 1.31. The number of rotatable bonds is 7. The van der Waals surface area contributed by atoms with Gasteiger partial charge in [-0.3, -0.25) is 0 Å². The third-order valence-electron chi connectivity index (χ3n) is 1.97. The summed E-state index contributed by atoms with van der Waals surface area (Å²) in [5.41, 5.74) is 7.54. The van der Waals surface area contributed by atoms with Crippen molar-refractivity contribution in [1.82, 2.24) is 0 Å². The van der Waals surface area contributed by atoms with Gasteiger partial charge in [0.1, 0.15) is 0 Å². The molecule has 4 heteroatoms. The highest BCUT2D eigenvalue weighted by Crippen LogP contribution is 2.17. The van der Waals surface area contributed by atoms with Gasteiger partial charge in [0, 0.05) is 16.8 Å². The van der Waals surface area contributed by atoms with Crippen LogP contribution in [0.3, 0.4) is 0 Å². The highest BCUT2D eigenvalue weighted by atomic mass is 79.9. The Hall–Kier alpha value is -0.580. The molecule has 0 aliphatic heterocycles. The smallest absolute Gasteiger partial charge is 0.0719 e. The van der Waals surface area contributed by atoms with Gasteiger partial charge in [0.15, 0.2) is 0 Å². The van der Waals surface area contributed by atoms with Crippen molar-refractivity contribution in [3.8, 4) is 0 Å². The molecule has 0 aromatic heterocycles. The Balaban J connectivity index is 2.21. The number of halogens is 1. The summed E-state index contributed by atoms with van der Waals surface area (Å²) in [5, 5.41) is 0. The van der Waals surface area contributed by atoms with E-state index in [2.05, 4.69) is 22.9 Å². The molecule has 1 rings (SSSR count). The second kappa shape index (κ2) is 7.65. The molecule has 0 saturated carbocycles. The summed E-state index contributed by atoms with van der Waals surface area (Å²) in [6.07, 6.45) is 1.04. The Labute approximate surface area is 105 Å². The van der Waals surface area contributed by atoms with Crippen LogP contribution >= 0.6 is 15.9 Å². The van der Waals surface area contributed by atoms with Crippen LogP contribution in [0.5, 0.6) is 0 Å². The molecule has 0 heterocycles. The van der Waals surface area contributed by atoms with E-state index in [4.69, 9.17) is 15.2 Å². The predicted octanol–water partition coefficient (Wildman–Crippen LogP) is 2.97. The number of benzene rings is 1. The summed E-state index contributed by atoms with van der Waals surface area (Å²) >= 11 is 3.40. The zero-order chi connectivity index (χ0) is 11.8. The molecule has 90 valence electrons. The Kier molecular flexibility index (Phi) is 6.45. The molecular formula is C12H18BrNO2. The number of hydrogen-bond acceptors (Lipinski definition) is 3. The molecule has 0 fully saturated rings. The largest absolute Gasteiger partial charge is 0.399 e. The molecule has 1 aromatic carbocycles. The lowest BCUT2D eigenvalue weighted by Crippen LogP contribution is -2.05. The zero-order valence-corrected chi connectivity index (χ0v) is 11.1. The van der Waals surface area contributed by atoms with Crippen LogP contribution in [0.1, 0.15) is 18.9 Å². The van der Waals surface area contributed by atoms with E-state index >= 15 is 0 Å². The minimum atomic E-state index is 0.569. The quantitative estimate of drug-likeness (QED) is 0.619. The summed E-state index contributed by atoms with van der Waals surface area (Å²) in [7, 11) is 0. The third kappa shape index (κ3) is 5.49. The van der Waals surface area contributed by atoms with Crippen LogP contribution in [0.15, 0.2) is 22.7 Å². The first-order valence-corrected chi connectivity index (χ1v) is 6.22. The van der Waals surface area contributed by atoms with E-state index < -0.39 is 0 Å². The third-order valence-corrected chi connectivity index (χ3v) is 2.43. The van der Waals surface area contributed by atoms with Gasteiger partial charge >= 0.3 is 0 Å². The van der Waals surface area contributed by atoms with E-state index in [1.54, 1.807) is 0 Å². The lowest BCUT2D eigenvalue weighted by molar-refractivity contribution is 0.0408.